The third-order valence-electron chi connectivity index (χ3n) is 1.94. The van der Waals surface area contributed by atoms with Crippen LogP contribution in [0.4, 0.5) is 0 Å². The lowest BCUT2D eigenvalue weighted by atomic mass is 9.92. The van der Waals surface area contributed by atoms with Crippen LogP contribution in [-0.4, -0.2) is 20.9 Å². The number of thiocarbonyl (C=S) groups is 1. The molecule has 77 valence electrons. The van der Waals surface area contributed by atoms with Crippen LogP contribution < -0.4 is 0 Å². The second-order valence-electron chi connectivity index (χ2n) is 2.84. The molecule has 1 radical (unpaired) electrons. The number of nitrogens with zero attached hydrogens (tertiary/aromatic N) is 1. The molecular formula is C9H6NO4S. The minimum Gasteiger partial charge on any atom is -0.478 e. The Morgan fingerprint density at radius 3 is 2.60 bits per heavy atom. The summed E-state index contributed by atoms with van der Waals surface area (Å²) in [5.41, 5.74) is -0.288. The normalized spacial score (nSPS) is 16.5. The van der Waals surface area contributed by atoms with E-state index in [1.807, 2.05) is 0 Å². The van der Waals surface area contributed by atoms with Gasteiger partial charge in [-0.2, -0.15) is 0 Å². The maximum absolute atomic E-state index is 10.8. The SMILES string of the molecule is C=C1[C]=C([N+](=O)[O-])C(=S)C(C(=O)O)=C1C. The summed E-state index contributed by atoms with van der Waals surface area (Å²) >= 11 is 4.71. The number of nitro groups is 1. The first-order valence-corrected chi connectivity index (χ1v) is 4.23. The highest BCUT2D eigenvalue weighted by molar-refractivity contribution is 7.81. The Morgan fingerprint density at radius 1 is 1.67 bits per heavy atom. The summed E-state index contributed by atoms with van der Waals surface area (Å²) in [6.45, 7) is 4.97. The van der Waals surface area contributed by atoms with Crippen molar-refractivity contribution in [3.05, 3.63) is 45.2 Å². The van der Waals surface area contributed by atoms with Crippen LogP contribution in [0.3, 0.4) is 0 Å². The zero-order valence-corrected chi connectivity index (χ0v) is 8.55. The molecule has 1 rings (SSSR count). The number of allylic oxidation sites excluding steroid dienone is 4. The molecule has 0 unspecified atom stereocenters. The van der Waals surface area contributed by atoms with E-state index in [1.165, 1.54) is 6.92 Å². The van der Waals surface area contributed by atoms with Crippen molar-refractivity contribution in [3.8, 4) is 0 Å². The molecule has 0 spiro atoms. The first kappa shape index (κ1) is 11.3. The fraction of sp³-hybridized carbons (Fsp3) is 0.111. The van der Waals surface area contributed by atoms with Gasteiger partial charge in [-0.1, -0.05) is 18.8 Å². The summed E-state index contributed by atoms with van der Waals surface area (Å²) in [4.78, 5) is 20.3. The van der Waals surface area contributed by atoms with Gasteiger partial charge in [-0.15, -0.1) is 0 Å². The zero-order chi connectivity index (χ0) is 11.7. The van der Waals surface area contributed by atoms with Gasteiger partial charge in [-0.05, 0) is 18.1 Å². The minimum absolute atomic E-state index is 0.174. The highest BCUT2D eigenvalue weighted by Gasteiger charge is 2.32. The lowest BCUT2D eigenvalue weighted by Crippen LogP contribution is -2.22. The Labute approximate surface area is 90.6 Å². The van der Waals surface area contributed by atoms with Crippen LogP contribution in [0.25, 0.3) is 0 Å². The highest BCUT2D eigenvalue weighted by atomic mass is 32.1. The number of carboxylic acid groups (broad SMARTS) is 1. The molecule has 0 bridgehead atoms. The molecule has 1 aliphatic carbocycles. The Morgan fingerprint density at radius 2 is 2.20 bits per heavy atom. The molecule has 0 saturated carbocycles. The number of carboxylic acids is 1. The first-order chi connectivity index (χ1) is 6.86. The molecule has 0 aromatic rings. The lowest BCUT2D eigenvalue weighted by Gasteiger charge is -2.12. The van der Waals surface area contributed by atoms with Crippen molar-refractivity contribution < 1.29 is 14.8 Å². The molecule has 15 heavy (non-hydrogen) atoms. The van der Waals surface area contributed by atoms with Crippen LogP contribution in [0, 0.1) is 16.2 Å². The van der Waals surface area contributed by atoms with Crippen molar-refractivity contribution in [1.29, 1.82) is 0 Å². The maximum atomic E-state index is 10.8. The standard InChI is InChI=1S/C9H6NO4S/c1-4-3-6(10(13)14)8(15)7(5(4)2)9(11)12/h1H2,2H3,(H,11,12). The van der Waals surface area contributed by atoms with Gasteiger partial charge in [-0.25, -0.2) is 4.79 Å². The van der Waals surface area contributed by atoms with Crippen LogP contribution in [0.5, 0.6) is 0 Å². The molecule has 0 atom stereocenters. The molecule has 0 aromatic heterocycles. The summed E-state index contributed by atoms with van der Waals surface area (Å²) in [5, 5.41) is 19.4. The monoisotopic (exact) mass is 224 g/mol. The van der Waals surface area contributed by atoms with Crippen LogP contribution in [0.2, 0.25) is 0 Å². The number of hydrogen-bond acceptors (Lipinski definition) is 4. The van der Waals surface area contributed by atoms with E-state index in [1.54, 1.807) is 0 Å². The van der Waals surface area contributed by atoms with Crippen LogP contribution in [0.1, 0.15) is 6.92 Å². The Balaban J connectivity index is 3.36. The molecule has 0 fully saturated rings. The van der Waals surface area contributed by atoms with E-state index in [0.29, 0.717) is 5.57 Å². The molecule has 0 heterocycles. The second-order valence-corrected chi connectivity index (χ2v) is 3.25. The zero-order valence-electron chi connectivity index (χ0n) is 7.73. The molecule has 5 nitrogen and oxygen atoms in total. The summed E-state index contributed by atoms with van der Waals surface area (Å²) < 4.78 is 0. The van der Waals surface area contributed by atoms with Gasteiger partial charge in [0, 0.05) is 0 Å². The van der Waals surface area contributed by atoms with Gasteiger partial charge < -0.3 is 5.11 Å². The summed E-state index contributed by atoms with van der Waals surface area (Å²) in [7, 11) is 0. The van der Waals surface area contributed by atoms with E-state index < -0.39 is 16.6 Å². The maximum Gasteiger partial charge on any atom is 0.337 e. The quantitative estimate of drug-likeness (QED) is 0.434. The highest BCUT2D eigenvalue weighted by Crippen LogP contribution is 2.25. The van der Waals surface area contributed by atoms with Gasteiger partial charge in [-0.3, -0.25) is 10.1 Å². The van der Waals surface area contributed by atoms with E-state index in [4.69, 9.17) is 17.3 Å². The first-order valence-electron chi connectivity index (χ1n) is 3.82. The molecule has 0 aromatic carbocycles. The minimum atomic E-state index is -1.29. The van der Waals surface area contributed by atoms with Crippen LogP contribution in [0.15, 0.2) is 29.0 Å². The van der Waals surface area contributed by atoms with Crippen molar-refractivity contribution in [2.45, 2.75) is 6.92 Å². The van der Waals surface area contributed by atoms with Crippen molar-refractivity contribution in [3.63, 3.8) is 0 Å². The Kier molecular flexibility index (Phi) is 2.81. The third kappa shape index (κ3) is 1.84. The largest absolute Gasteiger partial charge is 0.478 e. The molecule has 1 N–H and O–H groups in total. The summed E-state index contributed by atoms with van der Waals surface area (Å²) in [6.07, 6.45) is 2.36. The molecule has 0 saturated heterocycles. The van der Waals surface area contributed by atoms with E-state index in [9.17, 15) is 14.9 Å². The van der Waals surface area contributed by atoms with E-state index >= 15 is 0 Å². The molecule has 6 heteroatoms. The third-order valence-corrected chi connectivity index (χ3v) is 2.33. The van der Waals surface area contributed by atoms with Crippen molar-refractivity contribution in [2.75, 3.05) is 0 Å². The molecule has 0 aliphatic heterocycles. The van der Waals surface area contributed by atoms with Gasteiger partial charge in [0.15, 0.2) is 0 Å². The van der Waals surface area contributed by atoms with E-state index in [-0.39, 0.29) is 16.0 Å². The molecule has 1 aliphatic rings. The van der Waals surface area contributed by atoms with Gasteiger partial charge in [0.1, 0.15) is 4.86 Å². The molecule has 0 amide bonds. The fourth-order valence-corrected chi connectivity index (χ4v) is 1.49. The average Bonchev–Trinajstić information content (AvgIpc) is 2.10. The number of hydrogen-bond donors (Lipinski definition) is 1. The van der Waals surface area contributed by atoms with Gasteiger partial charge in [0.25, 0.3) is 5.70 Å². The van der Waals surface area contributed by atoms with Crippen LogP contribution >= 0.6 is 12.2 Å². The average molecular weight is 224 g/mol. The van der Waals surface area contributed by atoms with E-state index in [0.717, 1.165) is 0 Å². The summed E-state index contributed by atoms with van der Waals surface area (Å²) in [6, 6.07) is 0. The Hall–Kier alpha value is -1.82. The predicted molar refractivity (Wildman–Crippen MR) is 55.8 cm³/mol. The Bertz CT molecular complexity index is 459. The van der Waals surface area contributed by atoms with Crippen molar-refractivity contribution in [2.24, 2.45) is 0 Å². The number of aliphatic carboxylic acids is 1. The van der Waals surface area contributed by atoms with Gasteiger partial charge in [0.2, 0.25) is 0 Å². The van der Waals surface area contributed by atoms with E-state index in [2.05, 4.69) is 12.7 Å². The number of carbonyl (C=O) groups is 1. The lowest BCUT2D eigenvalue weighted by molar-refractivity contribution is -0.415. The van der Waals surface area contributed by atoms with Gasteiger partial charge >= 0.3 is 5.97 Å². The fourth-order valence-electron chi connectivity index (χ4n) is 1.12. The van der Waals surface area contributed by atoms with Crippen molar-refractivity contribution >= 4 is 23.1 Å². The van der Waals surface area contributed by atoms with Gasteiger partial charge in [0.05, 0.1) is 16.6 Å². The number of rotatable bonds is 2. The predicted octanol–water partition coefficient (Wildman–Crippen LogP) is 1.29. The smallest absolute Gasteiger partial charge is 0.337 e. The summed E-state index contributed by atoms with van der Waals surface area (Å²) in [5.74, 6) is -1.29. The van der Waals surface area contributed by atoms with Crippen molar-refractivity contribution in [1.82, 2.24) is 0 Å². The molecular weight excluding hydrogens is 218 g/mol. The topological polar surface area (TPSA) is 80.4 Å². The second kappa shape index (κ2) is 3.74. The van der Waals surface area contributed by atoms with Crippen LogP contribution in [-0.2, 0) is 4.79 Å².